The maximum atomic E-state index is 10.4. The quantitative estimate of drug-likeness (QED) is 0.861. The number of furan rings is 1. The summed E-state index contributed by atoms with van der Waals surface area (Å²) in [6, 6.07) is 14.0. The van der Waals surface area contributed by atoms with Gasteiger partial charge < -0.3 is 14.6 Å². The summed E-state index contributed by atoms with van der Waals surface area (Å²) in [6.45, 7) is 1.71. The molecule has 1 fully saturated rings. The molecule has 1 aromatic heterocycles. The maximum absolute atomic E-state index is 10.4. The Hall–Kier alpha value is -1.62. The largest absolute Gasteiger partial charge is 0.462 e. The third kappa shape index (κ3) is 3.58. The highest BCUT2D eigenvalue weighted by atomic mass is 16.4. The Bertz CT molecular complexity index is 581. The number of likely N-dealkylation sites (tertiary alicyclic amines) is 1. The average Bonchev–Trinajstić information content (AvgIpc) is 3.18. The minimum absolute atomic E-state index is 0.0594. The molecule has 3 rings (SSSR count). The van der Waals surface area contributed by atoms with Crippen LogP contribution >= 0.6 is 0 Å². The van der Waals surface area contributed by atoms with Gasteiger partial charge in [0, 0.05) is 6.04 Å². The first kappa shape index (κ1) is 15.3. The Morgan fingerprint density at radius 1 is 1.14 bits per heavy atom. The van der Waals surface area contributed by atoms with Crippen molar-refractivity contribution in [3.05, 3.63) is 59.5 Å². The van der Waals surface area contributed by atoms with Crippen molar-refractivity contribution in [1.29, 1.82) is 0 Å². The number of hydrogen-bond donors (Lipinski definition) is 2. The molecule has 1 saturated heterocycles. The molecule has 2 aromatic rings. The summed E-state index contributed by atoms with van der Waals surface area (Å²) in [5, 5.41) is 19.5. The summed E-state index contributed by atoms with van der Waals surface area (Å²) in [7, 11) is 0. The molecule has 2 unspecified atom stereocenters. The third-order valence-corrected chi connectivity index (χ3v) is 4.41. The molecule has 1 aromatic carbocycles. The first-order chi connectivity index (χ1) is 10.8. The molecule has 0 spiro atoms. The lowest BCUT2D eigenvalue weighted by molar-refractivity contribution is 0.114. The first-order valence-electron chi connectivity index (χ1n) is 7.92. The van der Waals surface area contributed by atoms with Gasteiger partial charge in [-0.25, -0.2) is 0 Å². The normalized spacial score (nSPS) is 20.4. The summed E-state index contributed by atoms with van der Waals surface area (Å²) in [6.07, 6.45) is 2.59. The van der Waals surface area contributed by atoms with Crippen molar-refractivity contribution in [2.24, 2.45) is 0 Å². The summed E-state index contributed by atoms with van der Waals surface area (Å²) in [5.74, 6) is 1.49. The van der Waals surface area contributed by atoms with Gasteiger partial charge in [0.2, 0.25) is 0 Å². The van der Waals surface area contributed by atoms with Crippen LogP contribution in [0.1, 0.15) is 42.5 Å². The van der Waals surface area contributed by atoms with E-state index in [4.69, 9.17) is 9.52 Å². The number of nitrogens with zero attached hydrogens (tertiary/aromatic N) is 1. The number of hydrogen-bond acceptors (Lipinski definition) is 4. The average molecular weight is 301 g/mol. The lowest BCUT2D eigenvalue weighted by atomic mass is 10.0. The van der Waals surface area contributed by atoms with Crippen molar-refractivity contribution >= 4 is 0 Å². The monoisotopic (exact) mass is 301 g/mol. The van der Waals surface area contributed by atoms with Crippen LogP contribution < -0.4 is 0 Å². The van der Waals surface area contributed by atoms with Gasteiger partial charge in [-0.3, -0.25) is 4.90 Å². The lowest BCUT2D eigenvalue weighted by Gasteiger charge is -2.25. The van der Waals surface area contributed by atoms with Crippen LogP contribution in [-0.4, -0.2) is 27.7 Å². The molecular formula is C18H23NO3. The molecule has 2 atom stereocenters. The SMILES string of the molecule is OCc1ccc(CN2CCCC2CC(O)c2ccccc2)o1. The van der Waals surface area contributed by atoms with Crippen molar-refractivity contribution in [1.82, 2.24) is 4.90 Å². The van der Waals surface area contributed by atoms with Crippen LogP contribution in [0.4, 0.5) is 0 Å². The van der Waals surface area contributed by atoms with Crippen LogP contribution in [0.5, 0.6) is 0 Å². The summed E-state index contributed by atoms with van der Waals surface area (Å²) >= 11 is 0. The maximum Gasteiger partial charge on any atom is 0.129 e. The fourth-order valence-electron chi connectivity index (χ4n) is 3.23. The second-order valence-corrected chi connectivity index (χ2v) is 5.95. The first-order valence-corrected chi connectivity index (χ1v) is 7.92. The van der Waals surface area contributed by atoms with E-state index in [1.165, 1.54) is 0 Å². The minimum Gasteiger partial charge on any atom is -0.462 e. The van der Waals surface area contributed by atoms with Crippen molar-refractivity contribution in [2.75, 3.05) is 6.54 Å². The van der Waals surface area contributed by atoms with Gasteiger partial charge in [0.05, 0.1) is 12.6 Å². The highest BCUT2D eigenvalue weighted by Crippen LogP contribution is 2.28. The zero-order valence-electron chi connectivity index (χ0n) is 12.7. The molecule has 0 radical (unpaired) electrons. The molecule has 0 bridgehead atoms. The molecule has 118 valence electrons. The molecule has 0 amide bonds. The smallest absolute Gasteiger partial charge is 0.129 e. The van der Waals surface area contributed by atoms with Gasteiger partial charge >= 0.3 is 0 Å². The van der Waals surface area contributed by atoms with Crippen molar-refractivity contribution in [3.63, 3.8) is 0 Å². The van der Waals surface area contributed by atoms with Gasteiger partial charge in [0.25, 0.3) is 0 Å². The van der Waals surface area contributed by atoms with Crippen LogP contribution in [0.25, 0.3) is 0 Å². The van der Waals surface area contributed by atoms with E-state index in [0.29, 0.717) is 11.8 Å². The molecule has 4 heteroatoms. The predicted molar refractivity (Wildman–Crippen MR) is 84.1 cm³/mol. The standard InChI is InChI=1S/C18H23NO3/c20-13-17-9-8-16(22-17)12-19-10-4-7-15(19)11-18(21)14-5-2-1-3-6-14/h1-3,5-6,8-9,15,18,20-21H,4,7,10-13H2. The van der Waals surface area contributed by atoms with E-state index in [1.807, 2.05) is 42.5 Å². The van der Waals surface area contributed by atoms with Crippen LogP contribution in [0, 0.1) is 0 Å². The Balaban J connectivity index is 1.60. The van der Waals surface area contributed by atoms with Crippen LogP contribution in [-0.2, 0) is 13.2 Å². The fraction of sp³-hybridized carbons (Fsp3) is 0.444. The van der Waals surface area contributed by atoms with E-state index < -0.39 is 6.10 Å². The summed E-state index contributed by atoms with van der Waals surface area (Å²) in [5.41, 5.74) is 0.981. The zero-order chi connectivity index (χ0) is 15.4. The Kier molecular flexibility index (Phi) is 4.93. The van der Waals surface area contributed by atoms with Crippen molar-refractivity contribution < 1.29 is 14.6 Å². The Morgan fingerprint density at radius 2 is 1.91 bits per heavy atom. The van der Waals surface area contributed by atoms with Crippen LogP contribution in [0.3, 0.4) is 0 Å². The van der Waals surface area contributed by atoms with Gasteiger partial charge in [0.1, 0.15) is 18.1 Å². The summed E-state index contributed by atoms with van der Waals surface area (Å²) in [4.78, 5) is 2.37. The Labute approximate surface area is 131 Å². The summed E-state index contributed by atoms with van der Waals surface area (Å²) < 4.78 is 5.58. The van der Waals surface area contributed by atoms with E-state index >= 15 is 0 Å². The van der Waals surface area contributed by atoms with E-state index in [0.717, 1.165) is 43.7 Å². The second kappa shape index (κ2) is 7.09. The molecule has 0 saturated carbocycles. The third-order valence-electron chi connectivity index (χ3n) is 4.41. The van der Waals surface area contributed by atoms with Crippen LogP contribution in [0.2, 0.25) is 0 Å². The second-order valence-electron chi connectivity index (χ2n) is 5.95. The predicted octanol–water partition coefficient (Wildman–Crippen LogP) is 2.86. The van der Waals surface area contributed by atoms with E-state index in [1.54, 1.807) is 0 Å². The minimum atomic E-state index is -0.420. The molecular weight excluding hydrogens is 278 g/mol. The highest BCUT2D eigenvalue weighted by molar-refractivity contribution is 5.17. The van der Waals surface area contributed by atoms with Gasteiger partial charge in [-0.05, 0) is 43.5 Å². The molecule has 0 aliphatic carbocycles. The van der Waals surface area contributed by atoms with E-state index in [-0.39, 0.29) is 6.61 Å². The van der Waals surface area contributed by atoms with Crippen molar-refractivity contribution in [2.45, 2.75) is 44.6 Å². The number of rotatable bonds is 6. The Morgan fingerprint density at radius 3 is 2.64 bits per heavy atom. The number of benzene rings is 1. The molecule has 1 aliphatic heterocycles. The fourth-order valence-corrected chi connectivity index (χ4v) is 3.23. The molecule has 2 N–H and O–H groups in total. The zero-order valence-corrected chi connectivity index (χ0v) is 12.7. The lowest BCUT2D eigenvalue weighted by Crippen LogP contribution is -2.30. The highest BCUT2D eigenvalue weighted by Gasteiger charge is 2.27. The topological polar surface area (TPSA) is 56.8 Å². The van der Waals surface area contributed by atoms with Gasteiger partial charge in [-0.1, -0.05) is 30.3 Å². The van der Waals surface area contributed by atoms with Gasteiger partial charge in [-0.15, -0.1) is 0 Å². The van der Waals surface area contributed by atoms with Crippen molar-refractivity contribution in [3.8, 4) is 0 Å². The molecule has 1 aliphatic rings. The van der Waals surface area contributed by atoms with Crippen LogP contribution in [0.15, 0.2) is 46.9 Å². The molecule has 2 heterocycles. The number of aliphatic hydroxyl groups is 2. The molecule has 4 nitrogen and oxygen atoms in total. The van der Waals surface area contributed by atoms with E-state index in [9.17, 15) is 5.11 Å². The van der Waals surface area contributed by atoms with Gasteiger partial charge in [-0.2, -0.15) is 0 Å². The van der Waals surface area contributed by atoms with Gasteiger partial charge in [0.15, 0.2) is 0 Å². The number of aliphatic hydroxyl groups excluding tert-OH is 2. The molecule has 22 heavy (non-hydrogen) atoms. The van der Waals surface area contributed by atoms with E-state index in [2.05, 4.69) is 4.90 Å².